The van der Waals surface area contributed by atoms with Crippen molar-refractivity contribution in [3.63, 3.8) is 0 Å². The zero-order chi connectivity index (χ0) is 11.4. The minimum absolute atomic E-state index is 0.0491. The van der Waals surface area contributed by atoms with Crippen LogP contribution in [-0.2, 0) is 11.2 Å². The van der Waals surface area contributed by atoms with Gasteiger partial charge < -0.3 is 4.74 Å². The number of benzene rings is 1. The van der Waals surface area contributed by atoms with E-state index in [-0.39, 0.29) is 17.9 Å². The molecule has 0 aliphatic carbocycles. The first-order chi connectivity index (χ1) is 7.04. The number of methoxy groups -OCH3 is 1. The van der Waals surface area contributed by atoms with E-state index in [1.165, 1.54) is 32.2 Å². The van der Waals surface area contributed by atoms with Crippen molar-refractivity contribution in [2.45, 2.75) is 13.3 Å². The molecule has 0 spiro atoms. The highest BCUT2D eigenvalue weighted by Crippen LogP contribution is 2.24. The van der Waals surface area contributed by atoms with Crippen molar-refractivity contribution < 1.29 is 14.5 Å². The van der Waals surface area contributed by atoms with Gasteiger partial charge >= 0.3 is 0 Å². The minimum Gasteiger partial charge on any atom is -0.497 e. The van der Waals surface area contributed by atoms with E-state index in [0.717, 1.165) is 0 Å². The van der Waals surface area contributed by atoms with Crippen molar-refractivity contribution >= 4 is 11.5 Å². The molecular formula is C10H11NO4. The molecule has 15 heavy (non-hydrogen) atoms. The van der Waals surface area contributed by atoms with Crippen LogP contribution in [0.5, 0.6) is 5.75 Å². The first kappa shape index (κ1) is 11.2. The second-order valence-corrected chi connectivity index (χ2v) is 3.13. The average molecular weight is 209 g/mol. The van der Waals surface area contributed by atoms with Gasteiger partial charge in [-0.2, -0.15) is 0 Å². The van der Waals surface area contributed by atoms with Crippen molar-refractivity contribution in [1.29, 1.82) is 0 Å². The molecule has 0 saturated heterocycles. The predicted octanol–water partition coefficient (Wildman–Crippen LogP) is 1.73. The zero-order valence-corrected chi connectivity index (χ0v) is 8.52. The number of ketones is 1. The van der Waals surface area contributed by atoms with Crippen LogP contribution in [0.3, 0.4) is 0 Å². The SMILES string of the molecule is COc1ccc([N+](=O)[O-])c(CC(C)=O)c1. The Hall–Kier alpha value is -1.91. The molecule has 5 nitrogen and oxygen atoms in total. The topological polar surface area (TPSA) is 69.4 Å². The number of nitrogens with zero attached hydrogens (tertiary/aromatic N) is 1. The molecule has 0 amide bonds. The number of carbonyl (C=O) groups excluding carboxylic acids is 1. The third kappa shape index (κ3) is 2.77. The summed E-state index contributed by atoms with van der Waals surface area (Å²) >= 11 is 0. The number of hydrogen-bond donors (Lipinski definition) is 0. The first-order valence-corrected chi connectivity index (χ1v) is 4.35. The van der Waals surface area contributed by atoms with Gasteiger partial charge in [-0.25, -0.2) is 0 Å². The lowest BCUT2D eigenvalue weighted by atomic mass is 10.1. The summed E-state index contributed by atoms with van der Waals surface area (Å²) in [5, 5.41) is 10.7. The molecule has 0 fully saturated rings. The van der Waals surface area contributed by atoms with E-state index in [9.17, 15) is 14.9 Å². The summed E-state index contributed by atoms with van der Waals surface area (Å²) in [6, 6.07) is 4.36. The molecule has 5 heteroatoms. The van der Waals surface area contributed by atoms with Crippen molar-refractivity contribution in [3.8, 4) is 5.75 Å². The highest BCUT2D eigenvalue weighted by molar-refractivity contribution is 5.79. The lowest BCUT2D eigenvalue weighted by molar-refractivity contribution is -0.385. The van der Waals surface area contributed by atoms with Gasteiger partial charge in [-0.15, -0.1) is 0 Å². The quantitative estimate of drug-likeness (QED) is 0.559. The van der Waals surface area contributed by atoms with Crippen molar-refractivity contribution in [3.05, 3.63) is 33.9 Å². The Morgan fingerprint density at radius 3 is 2.67 bits per heavy atom. The van der Waals surface area contributed by atoms with Crippen LogP contribution in [0, 0.1) is 10.1 Å². The van der Waals surface area contributed by atoms with E-state index >= 15 is 0 Å². The minimum atomic E-state index is -0.502. The van der Waals surface area contributed by atoms with Crippen LogP contribution in [0.4, 0.5) is 5.69 Å². The summed E-state index contributed by atoms with van der Waals surface area (Å²) in [4.78, 5) is 21.1. The van der Waals surface area contributed by atoms with E-state index in [0.29, 0.717) is 11.3 Å². The standard InChI is InChI=1S/C10H11NO4/c1-7(12)5-8-6-9(15-2)3-4-10(8)11(13)14/h3-4,6H,5H2,1-2H3. The van der Waals surface area contributed by atoms with E-state index in [4.69, 9.17) is 4.74 Å². The number of ether oxygens (including phenoxy) is 1. The number of Topliss-reactive ketones (excluding diaryl/α,β-unsaturated/α-hetero) is 1. The van der Waals surface area contributed by atoms with E-state index < -0.39 is 4.92 Å². The lowest BCUT2D eigenvalue weighted by Gasteiger charge is -2.03. The molecule has 1 aromatic carbocycles. The molecule has 0 N–H and O–H groups in total. The highest BCUT2D eigenvalue weighted by atomic mass is 16.6. The van der Waals surface area contributed by atoms with Gasteiger partial charge in [0.1, 0.15) is 11.5 Å². The molecule has 0 heterocycles. The Morgan fingerprint density at radius 2 is 2.20 bits per heavy atom. The number of rotatable bonds is 4. The van der Waals surface area contributed by atoms with Crippen molar-refractivity contribution in [2.75, 3.05) is 7.11 Å². The van der Waals surface area contributed by atoms with Crippen molar-refractivity contribution in [2.24, 2.45) is 0 Å². The maximum absolute atomic E-state index is 10.9. The van der Waals surface area contributed by atoms with Gasteiger partial charge in [0.05, 0.1) is 12.0 Å². The number of carbonyl (C=O) groups is 1. The summed E-state index contributed by atoms with van der Waals surface area (Å²) in [6.07, 6.45) is 0.0491. The van der Waals surface area contributed by atoms with Gasteiger partial charge in [0.25, 0.3) is 5.69 Å². The van der Waals surface area contributed by atoms with Crippen LogP contribution in [0.2, 0.25) is 0 Å². The summed E-state index contributed by atoms with van der Waals surface area (Å²) in [5.74, 6) is 0.392. The van der Waals surface area contributed by atoms with Crippen LogP contribution in [-0.4, -0.2) is 17.8 Å². The fraction of sp³-hybridized carbons (Fsp3) is 0.300. The Labute approximate surface area is 86.8 Å². The third-order valence-electron chi connectivity index (χ3n) is 1.92. The summed E-state index contributed by atoms with van der Waals surface area (Å²) in [5.41, 5.74) is 0.331. The molecule has 1 rings (SSSR count). The van der Waals surface area contributed by atoms with E-state index in [1.54, 1.807) is 0 Å². The fourth-order valence-electron chi connectivity index (χ4n) is 1.28. The molecule has 0 aromatic heterocycles. The lowest BCUT2D eigenvalue weighted by Crippen LogP contribution is -2.01. The highest BCUT2D eigenvalue weighted by Gasteiger charge is 2.15. The molecule has 0 aliphatic rings. The van der Waals surface area contributed by atoms with Gasteiger partial charge in [-0.1, -0.05) is 0 Å². The Kier molecular flexibility index (Phi) is 3.38. The molecule has 0 radical (unpaired) electrons. The van der Waals surface area contributed by atoms with Gasteiger partial charge in [-0.3, -0.25) is 14.9 Å². The molecule has 80 valence electrons. The van der Waals surface area contributed by atoms with Crippen LogP contribution in [0.25, 0.3) is 0 Å². The maximum atomic E-state index is 10.9. The zero-order valence-electron chi connectivity index (χ0n) is 8.52. The van der Waals surface area contributed by atoms with Gasteiger partial charge in [0.2, 0.25) is 0 Å². The Bertz CT molecular complexity index is 400. The van der Waals surface area contributed by atoms with Crippen LogP contribution < -0.4 is 4.74 Å². The van der Waals surface area contributed by atoms with E-state index in [2.05, 4.69) is 0 Å². The molecule has 0 saturated carbocycles. The Balaban J connectivity index is 3.16. The maximum Gasteiger partial charge on any atom is 0.273 e. The third-order valence-corrected chi connectivity index (χ3v) is 1.92. The number of hydrogen-bond acceptors (Lipinski definition) is 4. The normalized spacial score (nSPS) is 9.73. The van der Waals surface area contributed by atoms with Gasteiger partial charge in [0.15, 0.2) is 0 Å². The number of nitro groups is 1. The molecule has 1 aromatic rings. The van der Waals surface area contributed by atoms with Gasteiger partial charge in [0, 0.05) is 18.1 Å². The monoisotopic (exact) mass is 209 g/mol. The van der Waals surface area contributed by atoms with Gasteiger partial charge in [-0.05, 0) is 19.1 Å². The van der Waals surface area contributed by atoms with Crippen LogP contribution in [0.15, 0.2) is 18.2 Å². The van der Waals surface area contributed by atoms with Crippen LogP contribution in [0.1, 0.15) is 12.5 Å². The number of nitro benzene ring substituents is 1. The first-order valence-electron chi connectivity index (χ1n) is 4.35. The Morgan fingerprint density at radius 1 is 1.53 bits per heavy atom. The van der Waals surface area contributed by atoms with E-state index in [1.807, 2.05) is 0 Å². The largest absolute Gasteiger partial charge is 0.497 e. The summed E-state index contributed by atoms with van der Waals surface area (Å²) < 4.78 is 4.94. The average Bonchev–Trinajstić information content (AvgIpc) is 2.16. The molecule has 0 bridgehead atoms. The fourth-order valence-corrected chi connectivity index (χ4v) is 1.28. The second-order valence-electron chi connectivity index (χ2n) is 3.13. The summed E-state index contributed by atoms with van der Waals surface area (Å²) in [6.45, 7) is 1.39. The smallest absolute Gasteiger partial charge is 0.273 e. The molecule has 0 unspecified atom stereocenters. The molecule has 0 atom stereocenters. The molecule has 0 aliphatic heterocycles. The predicted molar refractivity (Wildman–Crippen MR) is 54.0 cm³/mol. The second kappa shape index (κ2) is 4.54. The molecular weight excluding hydrogens is 198 g/mol. The van der Waals surface area contributed by atoms with Crippen molar-refractivity contribution in [1.82, 2.24) is 0 Å². The summed E-state index contributed by atoms with van der Waals surface area (Å²) in [7, 11) is 1.47. The van der Waals surface area contributed by atoms with Crippen LogP contribution >= 0.6 is 0 Å².